The number of benzene rings is 2. The Morgan fingerprint density at radius 2 is 1.92 bits per heavy atom. The van der Waals surface area contributed by atoms with Crippen LogP contribution in [0, 0.1) is 0 Å². The Hall–Kier alpha value is -3.68. The van der Waals surface area contributed by atoms with Gasteiger partial charge < -0.3 is 14.8 Å². The molecule has 26 heavy (non-hydrogen) atoms. The first-order chi connectivity index (χ1) is 12.7. The minimum atomic E-state index is -0.282. The van der Waals surface area contributed by atoms with Crippen LogP contribution >= 0.6 is 0 Å². The molecule has 2 aromatic carbocycles. The molecule has 1 aromatic heterocycles. The molecule has 8 heteroatoms. The second-order valence-electron chi connectivity index (χ2n) is 5.22. The second kappa shape index (κ2) is 7.93. The first-order valence-corrected chi connectivity index (χ1v) is 7.75. The van der Waals surface area contributed by atoms with Crippen molar-refractivity contribution in [3.63, 3.8) is 0 Å². The molecular formula is C18H17N5O3. The number of tetrazole rings is 1. The van der Waals surface area contributed by atoms with E-state index in [9.17, 15) is 4.79 Å². The molecule has 1 amide bonds. The van der Waals surface area contributed by atoms with Gasteiger partial charge in [-0.2, -0.15) is 5.21 Å². The molecule has 2 N–H and O–H groups in total. The molecule has 0 saturated carbocycles. The van der Waals surface area contributed by atoms with E-state index in [1.54, 1.807) is 44.6 Å². The number of methoxy groups -OCH3 is 2. The van der Waals surface area contributed by atoms with Crippen LogP contribution in [-0.4, -0.2) is 40.8 Å². The van der Waals surface area contributed by atoms with E-state index in [0.717, 1.165) is 5.56 Å². The Labute approximate surface area is 149 Å². The van der Waals surface area contributed by atoms with E-state index in [-0.39, 0.29) is 5.91 Å². The van der Waals surface area contributed by atoms with Crippen molar-refractivity contribution in [1.82, 2.24) is 20.6 Å². The van der Waals surface area contributed by atoms with Crippen molar-refractivity contribution < 1.29 is 14.3 Å². The third-order valence-corrected chi connectivity index (χ3v) is 3.61. The van der Waals surface area contributed by atoms with E-state index in [0.29, 0.717) is 28.6 Å². The van der Waals surface area contributed by atoms with Gasteiger partial charge in [0.25, 0.3) is 0 Å². The monoisotopic (exact) mass is 351 g/mol. The van der Waals surface area contributed by atoms with Gasteiger partial charge in [-0.1, -0.05) is 18.2 Å². The van der Waals surface area contributed by atoms with Gasteiger partial charge in [-0.3, -0.25) is 4.79 Å². The van der Waals surface area contributed by atoms with E-state index >= 15 is 0 Å². The summed E-state index contributed by atoms with van der Waals surface area (Å²) < 4.78 is 10.5. The fourth-order valence-corrected chi connectivity index (χ4v) is 2.37. The molecule has 3 aromatic rings. The highest BCUT2D eigenvalue weighted by Gasteiger charge is 2.10. The van der Waals surface area contributed by atoms with Gasteiger partial charge in [0, 0.05) is 11.6 Å². The fourth-order valence-electron chi connectivity index (χ4n) is 2.37. The van der Waals surface area contributed by atoms with Crippen molar-refractivity contribution >= 4 is 17.7 Å². The third-order valence-electron chi connectivity index (χ3n) is 3.61. The van der Waals surface area contributed by atoms with Gasteiger partial charge in [-0.05, 0) is 41.1 Å². The molecule has 0 aliphatic carbocycles. The highest BCUT2D eigenvalue weighted by atomic mass is 16.5. The SMILES string of the molecule is COc1ccc(/C=C/C(=O)Nc2ccccc2-c2nn[nH]n2)cc1OC. The summed E-state index contributed by atoms with van der Waals surface area (Å²) in [7, 11) is 3.13. The average Bonchev–Trinajstić information content (AvgIpc) is 3.21. The molecule has 0 radical (unpaired) electrons. The highest BCUT2D eigenvalue weighted by molar-refractivity contribution is 6.03. The van der Waals surface area contributed by atoms with Gasteiger partial charge in [0.1, 0.15) is 0 Å². The zero-order valence-corrected chi connectivity index (χ0v) is 14.3. The number of aromatic nitrogens is 4. The number of ether oxygens (including phenoxy) is 2. The Balaban J connectivity index is 1.75. The summed E-state index contributed by atoms with van der Waals surface area (Å²) in [5, 5.41) is 16.6. The first kappa shape index (κ1) is 17.2. The molecule has 0 spiro atoms. The molecule has 1 heterocycles. The second-order valence-corrected chi connectivity index (χ2v) is 5.22. The number of hydrogen-bond acceptors (Lipinski definition) is 6. The van der Waals surface area contributed by atoms with Crippen molar-refractivity contribution in [3.05, 3.63) is 54.1 Å². The van der Waals surface area contributed by atoms with Gasteiger partial charge >= 0.3 is 0 Å². The number of rotatable bonds is 6. The molecule has 132 valence electrons. The van der Waals surface area contributed by atoms with Crippen LogP contribution in [0.2, 0.25) is 0 Å². The number of H-pyrrole nitrogens is 1. The number of nitrogens with zero attached hydrogens (tertiary/aromatic N) is 3. The molecule has 0 unspecified atom stereocenters. The van der Waals surface area contributed by atoms with Crippen LogP contribution < -0.4 is 14.8 Å². The van der Waals surface area contributed by atoms with E-state index in [4.69, 9.17) is 9.47 Å². The van der Waals surface area contributed by atoms with E-state index in [2.05, 4.69) is 25.9 Å². The third kappa shape index (κ3) is 3.86. The van der Waals surface area contributed by atoms with Crippen LogP contribution in [0.15, 0.2) is 48.5 Å². The van der Waals surface area contributed by atoms with Crippen LogP contribution in [-0.2, 0) is 4.79 Å². The van der Waals surface area contributed by atoms with Crippen molar-refractivity contribution in [2.75, 3.05) is 19.5 Å². The maximum Gasteiger partial charge on any atom is 0.248 e. The van der Waals surface area contributed by atoms with Crippen molar-refractivity contribution in [2.45, 2.75) is 0 Å². The molecule has 0 bridgehead atoms. The first-order valence-electron chi connectivity index (χ1n) is 7.75. The Morgan fingerprint density at radius 1 is 1.12 bits per heavy atom. The normalized spacial score (nSPS) is 10.7. The number of anilines is 1. The lowest BCUT2D eigenvalue weighted by Crippen LogP contribution is -2.09. The Morgan fingerprint density at radius 3 is 2.65 bits per heavy atom. The lowest BCUT2D eigenvalue weighted by atomic mass is 10.1. The fraction of sp³-hybridized carbons (Fsp3) is 0.111. The van der Waals surface area contributed by atoms with Crippen LogP contribution in [0.4, 0.5) is 5.69 Å². The zero-order valence-electron chi connectivity index (χ0n) is 14.3. The molecule has 8 nitrogen and oxygen atoms in total. The Bertz CT molecular complexity index is 922. The van der Waals surface area contributed by atoms with Gasteiger partial charge in [0.05, 0.1) is 19.9 Å². The summed E-state index contributed by atoms with van der Waals surface area (Å²) >= 11 is 0. The molecule has 0 saturated heterocycles. The molecule has 3 rings (SSSR count). The molecule has 0 aliphatic rings. The smallest absolute Gasteiger partial charge is 0.248 e. The van der Waals surface area contributed by atoms with Crippen molar-refractivity contribution in [3.8, 4) is 22.9 Å². The summed E-state index contributed by atoms with van der Waals surface area (Å²) in [6.07, 6.45) is 3.13. The van der Waals surface area contributed by atoms with Crippen LogP contribution in [0.3, 0.4) is 0 Å². The predicted octanol–water partition coefficient (Wildman–Crippen LogP) is 2.54. The number of amides is 1. The lowest BCUT2D eigenvalue weighted by molar-refractivity contribution is -0.111. The number of aromatic amines is 1. The van der Waals surface area contributed by atoms with Crippen LogP contribution in [0.1, 0.15) is 5.56 Å². The summed E-state index contributed by atoms with van der Waals surface area (Å²) in [4.78, 5) is 12.3. The van der Waals surface area contributed by atoms with Gasteiger partial charge in [0.2, 0.25) is 11.7 Å². The summed E-state index contributed by atoms with van der Waals surface area (Å²) in [5.74, 6) is 1.35. The zero-order chi connectivity index (χ0) is 18.4. The Kier molecular flexibility index (Phi) is 5.23. The topological polar surface area (TPSA) is 102 Å². The molecule has 0 fully saturated rings. The van der Waals surface area contributed by atoms with Crippen molar-refractivity contribution in [2.24, 2.45) is 0 Å². The van der Waals surface area contributed by atoms with E-state index in [1.807, 2.05) is 18.2 Å². The maximum absolute atomic E-state index is 12.3. The quantitative estimate of drug-likeness (QED) is 0.662. The number of hydrogen-bond donors (Lipinski definition) is 2. The number of carbonyl (C=O) groups excluding carboxylic acids is 1. The highest BCUT2D eigenvalue weighted by Crippen LogP contribution is 2.28. The lowest BCUT2D eigenvalue weighted by Gasteiger charge is -2.08. The summed E-state index contributed by atoms with van der Waals surface area (Å²) in [5.41, 5.74) is 2.08. The number of nitrogens with one attached hydrogen (secondary N) is 2. The largest absolute Gasteiger partial charge is 0.493 e. The van der Waals surface area contributed by atoms with E-state index < -0.39 is 0 Å². The summed E-state index contributed by atoms with van der Waals surface area (Å²) in [6.45, 7) is 0. The van der Waals surface area contributed by atoms with Gasteiger partial charge in [0.15, 0.2) is 11.5 Å². The maximum atomic E-state index is 12.3. The van der Waals surface area contributed by atoms with Gasteiger partial charge in [-0.15, -0.1) is 10.2 Å². The summed E-state index contributed by atoms with van der Waals surface area (Å²) in [6, 6.07) is 12.6. The van der Waals surface area contributed by atoms with Crippen LogP contribution in [0.5, 0.6) is 11.5 Å². The van der Waals surface area contributed by atoms with Crippen molar-refractivity contribution in [1.29, 1.82) is 0 Å². The number of para-hydroxylation sites is 1. The predicted molar refractivity (Wildman–Crippen MR) is 96.8 cm³/mol. The molecule has 0 aliphatic heterocycles. The average molecular weight is 351 g/mol. The minimum Gasteiger partial charge on any atom is -0.493 e. The van der Waals surface area contributed by atoms with Crippen LogP contribution in [0.25, 0.3) is 17.5 Å². The standard InChI is InChI=1S/C18H17N5O3/c1-25-15-9-7-12(11-16(15)26-2)8-10-17(24)19-14-6-4-3-5-13(14)18-20-22-23-21-18/h3-11H,1-2H3,(H,19,24)(H,20,21,22,23)/b10-8+. The molecular weight excluding hydrogens is 334 g/mol. The van der Waals surface area contributed by atoms with Gasteiger partial charge in [-0.25, -0.2) is 0 Å². The number of carbonyl (C=O) groups is 1. The molecule has 0 atom stereocenters. The van der Waals surface area contributed by atoms with E-state index in [1.165, 1.54) is 6.08 Å². The minimum absolute atomic E-state index is 0.282.